The molecule has 0 fully saturated rings. The van der Waals surface area contributed by atoms with Gasteiger partial charge in [-0.25, -0.2) is 4.79 Å². The lowest BCUT2D eigenvalue weighted by Gasteiger charge is -2.17. The molecule has 0 bridgehead atoms. The predicted molar refractivity (Wildman–Crippen MR) is 68.7 cm³/mol. The van der Waals surface area contributed by atoms with Gasteiger partial charge in [-0.2, -0.15) is 0 Å². The van der Waals surface area contributed by atoms with Gasteiger partial charge >= 0.3 is 5.97 Å². The quantitative estimate of drug-likeness (QED) is 0.831. The number of aliphatic hydroxyl groups excluding tert-OH is 1. The van der Waals surface area contributed by atoms with Crippen LogP contribution in [0, 0.1) is 6.92 Å². The summed E-state index contributed by atoms with van der Waals surface area (Å²) in [5.41, 5.74) is 0.772. The molecule has 1 aromatic carbocycles. The Bertz CT molecular complexity index is 458. The van der Waals surface area contributed by atoms with Crippen LogP contribution in [0.5, 0.6) is 11.5 Å². The van der Waals surface area contributed by atoms with E-state index in [4.69, 9.17) is 9.47 Å². The minimum Gasteiger partial charge on any atom is -0.504 e. The molecular weight excluding hydrogens is 304 g/mol. The topological polar surface area (TPSA) is 76.0 Å². The second kappa shape index (κ2) is 6.06. The molecule has 1 aromatic rings. The van der Waals surface area contributed by atoms with Gasteiger partial charge in [-0.1, -0.05) is 0 Å². The Morgan fingerprint density at radius 3 is 2.67 bits per heavy atom. The molecule has 100 valence electrons. The van der Waals surface area contributed by atoms with E-state index in [0.717, 1.165) is 5.56 Å². The van der Waals surface area contributed by atoms with Crippen molar-refractivity contribution in [1.82, 2.24) is 0 Å². The molecule has 0 heterocycles. The molecule has 1 rings (SSSR count). The fraction of sp³-hybridized carbons (Fsp3) is 0.417. The van der Waals surface area contributed by atoms with Crippen LogP contribution in [0.3, 0.4) is 0 Å². The van der Waals surface area contributed by atoms with Crippen molar-refractivity contribution in [2.75, 3.05) is 13.7 Å². The number of hydrogen-bond donors (Lipinski definition) is 2. The molecule has 6 heteroatoms. The Hall–Kier alpha value is -1.27. The molecule has 2 N–H and O–H groups in total. The zero-order valence-corrected chi connectivity index (χ0v) is 11.9. The van der Waals surface area contributed by atoms with Crippen LogP contribution in [-0.2, 0) is 9.53 Å². The van der Waals surface area contributed by atoms with Crippen molar-refractivity contribution in [3.05, 3.63) is 21.7 Å². The van der Waals surface area contributed by atoms with Crippen molar-refractivity contribution in [3.63, 3.8) is 0 Å². The van der Waals surface area contributed by atoms with Crippen LogP contribution in [0.25, 0.3) is 0 Å². The van der Waals surface area contributed by atoms with E-state index in [2.05, 4.69) is 15.9 Å². The molecule has 0 amide bonds. The molecular formula is C12H15BrO5. The number of aromatic hydroxyl groups is 1. The van der Waals surface area contributed by atoms with Crippen LogP contribution in [0.15, 0.2) is 10.5 Å². The van der Waals surface area contributed by atoms with Crippen LogP contribution in [0.1, 0.15) is 24.2 Å². The molecule has 0 spiro atoms. The Balaban J connectivity index is 3.30. The van der Waals surface area contributed by atoms with Gasteiger partial charge in [0, 0.05) is 4.47 Å². The number of phenolic OH excluding ortho intramolecular Hbond substituents is 1. The maximum atomic E-state index is 11.5. The van der Waals surface area contributed by atoms with Crippen LogP contribution in [0.4, 0.5) is 0 Å². The van der Waals surface area contributed by atoms with Crippen molar-refractivity contribution in [1.29, 1.82) is 0 Å². The van der Waals surface area contributed by atoms with Gasteiger partial charge in [-0.05, 0) is 41.4 Å². The third kappa shape index (κ3) is 2.76. The van der Waals surface area contributed by atoms with E-state index in [1.807, 2.05) is 0 Å². The van der Waals surface area contributed by atoms with Gasteiger partial charge in [0.05, 0.1) is 19.3 Å². The van der Waals surface area contributed by atoms with Gasteiger partial charge in [0.1, 0.15) is 0 Å². The van der Waals surface area contributed by atoms with Crippen molar-refractivity contribution >= 4 is 21.9 Å². The third-order valence-corrected chi connectivity index (χ3v) is 3.47. The molecule has 0 saturated carbocycles. The Morgan fingerprint density at radius 2 is 2.17 bits per heavy atom. The molecule has 18 heavy (non-hydrogen) atoms. The Labute approximate surface area is 113 Å². The molecule has 1 atom stereocenters. The highest BCUT2D eigenvalue weighted by molar-refractivity contribution is 9.10. The highest BCUT2D eigenvalue weighted by atomic mass is 79.9. The number of ether oxygens (including phenoxy) is 2. The number of phenols is 1. The van der Waals surface area contributed by atoms with Gasteiger partial charge in [0.15, 0.2) is 17.6 Å². The molecule has 1 unspecified atom stereocenters. The molecule has 5 nitrogen and oxygen atoms in total. The predicted octanol–water partition coefficient (Wildman–Crippen LogP) is 2.07. The van der Waals surface area contributed by atoms with E-state index in [-0.39, 0.29) is 23.7 Å². The summed E-state index contributed by atoms with van der Waals surface area (Å²) < 4.78 is 10.1. The van der Waals surface area contributed by atoms with E-state index in [1.165, 1.54) is 7.11 Å². The number of carbonyl (C=O) groups is 1. The number of aryl methyl sites for hydroxylation is 1. The normalized spacial score (nSPS) is 12.1. The molecule has 0 saturated heterocycles. The number of aliphatic hydroxyl groups is 1. The minimum atomic E-state index is -1.56. The first-order valence-corrected chi connectivity index (χ1v) is 6.13. The molecule has 0 aliphatic heterocycles. The lowest BCUT2D eigenvalue weighted by molar-refractivity contribution is -0.153. The first-order chi connectivity index (χ1) is 8.43. The van der Waals surface area contributed by atoms with E-state index in [0.29, 0.717) is 4.47 Å². The summed E-state index contributed by atoms with van der Waals surface area (Å²) in [7, 11) is 1.39. The highest BCUT2D eigenvalue weighted by Crippen LogP contribution is 2.41. The van der Waals surface area contributed by atoms with Gasteiger partial charge < -0.3 is 19.7 Å². The van der Waals surface area contributed by atoms with Crippen LogP contribution < -0.4 is 4.74 Å². The lowest BCUT2D eigenvalue weighted by atomic mass is 10.0. The second-order valence-electron chi connectivity index (χ2n) is 3.63. The standard InChI is InChI=1S/C12H15BrO5/c1-4-18-12(16)11(15)8-9(13)6(2)5-7(17-3)10(8)14/h5,11,14-15H,4H2,1-3H3. The van der Waals surface area contributed by atoms with Crippen molar-refractivity contribution in [2.24, 2.45) is 0 Å². The third-order valence-electron chi connectivity index (χ3n) is 2.42. The number of hydrogen-bond acceptors (Lipinski definition) is 5. The van der Waals surface area contributed by atoms with Crippen molar-refractivity contribution in [3.8, 4) is 11.5 Å². The van der Waals surface area contributed by atoms with Crippen LogP contribution >= 0.6 is 15.9 Å². The zero-order chi connectivity index (χ0) is 13.9. The summed E-state index contributed by atoms with van der Waals surface area (Å²) in [6, 6.07) is 1.60. The summed E-state index contributed by atoms with van der Waals surface area (Å²) in [4.78, 5) is 11.5. The maximum absolute atomic E-state index is 11.5. The van der Waals surface area contributed by atoms with Crippen molar-refractivity contribution in [2.45, 2.75) is 20.0 Å². The maximum Gasteiger partial charge on any atom is 0.339 e. The van der Waals surface area contributed by atoms with Gasteiger partial charge in [0.25, 0.3) is 0 Å². The summed E-state index contributed by atoms with van der Waals surface area (Å²) >= 11 is 3.23. The van der Waals surface area contributed by atoms with E-state index >= 15 is 0 Å². The number of halogens is 1. The van der Waals surface area contributed by atoms with Crippen LogP contribution in [0.2, 0.25) is 0 Å². The Morgan fingerprint density at radius 1 is 1.56 bits per heavy atom. The molecule has 0 aromatic heterocycles. The zero-order valence-electron chi connectivity index (χ0n) is 10.4. The Kier molecular flexibility index (Phi) is 4.98. The summed E-state index contributed by atoms with van der Waals surface area (Å²) in [5, 5.41) is 19.9. The average molecular weight is 319 g/mol. The fourth-order valence-corrected chi connectivity index (χ4v) is 2.04. The van der Waals surface area contributed by atoms with E-state index in [1.54, 1.807) is 19.9 Å². The number of rotatable bonds is 4. The van der Waals surface area contributed by atoms with Crippen LogP contribution in [-0.4, -0.2) is 29.9 Å². The van der Waals surface area contributed by atoms with Gasteiger partial charge in [-0.15, -0.1) is 0 Å². The molecule has 0 radical (unpaired) electrons. The van der Waals surface area contributed by atoms with Gasteiger partial charge in [-0.3, -0.25) is 0 Å². The SMILES string of the molecule is CCOC(=O)C(O)c1c(O)c(OC)cc(C)c1Br. The van der Waals surface area contributed by atoms with E-state index < -0.39 is 12.1 Å². The lowest BCUT2D eigenvalue weighted by Crippen LogP contribution is -2.16. The summed E-state index contributed by atoms with van der Waals surface area (Å²) in [6.45, 7) is 3.54. The smallest absolute Gasteiger partial charge is 0.339 e. The van der Waals surface area contributed by atoms with E-state index in [9.17, 15) is 15.0 Å². The first kappa shape index (κ1) is 14.8. The second-order valence-corrected chi connectivity index (χ2v) is 4.42. The number of benzene rings is 1. The average Bonchev–Trinajstić information content (AvgIpc) is 2.34. The fourth-order valence-electron chi connectivity index (χ4n) is 1.52. The number of methoxy groups -OCH3 is 1. The summed E-state index contributed by atoms with van der Waals surface area (Å²) in [5.74, 6) is -0.911. The highest BCUT2D eigenvalue weighted by Gasteiger charge is 2.27. The van der Waals surface area contributed by atoms with Crippen molar-refractivity contribution < 1.29 is 24.5 Å². The minimum absolute atomic E-state index is 0.0466. The number of carbonyl (C=O) groups excluding carboxylic acids is 1. The monoisotopic (exact) mass is 318 g/mol. The number of esters is 1. The first-order valence-electron chi connectivity index (χ1n) is 5.34. The van der Waals surface area contributed by atoms with Gasteiger partial charge in [0.2, 0.25) is 0 Å². The summed E-state index contributed by atoms with van der Waals surface area (Å²) in [6.07, 6.45) is -1.56. The molecule has 0 aliphatic rings. The largest absolute Gasteiger partial charge is 0.504 e. The molecule has 0 aliphatic carbocycles.